The first-order valence-electron chi connectivity index (χ1n) is 5.21. The summed E-state index contributed by atoms with van der Waals surface area (Å²) in [5.41, 5.74) is 0.971. The Bertz CT molecular complexity index is 503. The van der Waals surface area contributed by atoms with Gasteiger partial charge in [-0.05, 0) is 23.7 Å². The first kappa shape index (κ1) is 10.0. The van der Waals surface area contributed by atoms with Crippen molar-refractivity contribution in [3.8, 4) is 0 Å². The molecule has 0 radical (unpaired) electrons. The molecule has 0 spiro atoms. The number of aromatic nitrogens is 1. The third-order valence-electron chi connectivity index (χ3n) is 2.91. The van der Waals surface area contributed by atoms with Crippen LogP contribution in [0.3, 0.4) is 0 Å². The summed E-state index contributed by atoms with van der Waals surface area (Å²) < 4.78 is 4.35. The van der Waals surface area contributed by atoms with Gasteiger partial charge >= 0.3 is 0 Å². The van der Waals surface area contributed by atoms with Crippen LogP contribution in [0.25, 0.3) is 10.9 Å². The molecular weight excluding hydrogens is 224 g/mol. The third kappa shape index (κ3) is 1.48. The highest BCUT2D eigenvalue weighted by Crippen LogP contribution is 2.33. The lowest BCUT2D eigenvalue weighted by Crippen LogP contribution is -2.22. The largest absolute Gasteiger partial charge is 0.389 e. The molecule has 2 atom stereocenters. The molecule has 84 valence electrons. The zero-order chi connectivity index (χ0) is 11.1. The minimum atomic E-state index is -0.652. The minimum absolute atomic E-state index is 0.480. The number of aliphatic hydroxyl groups excluding tert-OH is 2. The number of fused-ring (bicyclic) bond motifs is 1. The maximum atomic E-state index is 9.53. The summed E-state index contributed by atoms with van der Waals surface area (Å²) in [6.45, 7) is 0.959. The van der Waals surface area contributed by atoms with Crippen LogP contribution in [0.4, 0.5) is 5.00 Å². The molecule has 0 bridgehead atoms. The van der Waals surface area contributed by atoms with E-state index in [1.165, 1.54) is 11.5 Å². The summed E-state index contributed by atoms with van der Waals surface area (Å²) in [6.07, 6.45) is -1.30. The van der Waals surface area contributed by atoms with Gasteiger partial charge in [0.2, 0.25) is 0 Å². The predicted molar refractivity (Wildman–Crippen MR) is 63.8 cm³/mol. The Morgan fingerprint density at radius 2 is 1.88 bits per heavy atom. The second-order valence-electron chi connectivity index (χ2n) is 4.04. The maximum absolute atomic E-state index is 9.53. The van der Waals surface area contributed by atoms with Gasteiger partial charge < -0.3 is 15.1 Å². The van der Waals surface area contributed by atoms with Crippen LogP contribution < -0.4 is 4.90 Å². The smallest absolute Gasteiger partial charge is 0.120 e. The fraction of sp³-hybridized carbons (Fsp3) is 0.364. The molecule has 1 saturated heterocycles. The molecule has 2 aromatic rings. The average Bonchev–Trinajstić information content (AvgIpc) is 2.83. The van der Waals surface area contributed by atoms with Gasteiger partial charge in [-0.15, -0.1) is 0 Å². The maximum Gasteiger partial charge on any atom is 0.120 e. The lowest BCUT2D eigenvalue weighted by atomic mass is 10.2. The van der Waals surface area contributed by atoms with Gasteiger partial charge in [0.05, 0.1) is 17.7 Å². The summed E-state index contributed by atoms with van der Waals surface area (Å²) in [6, 6.07) is 7.92. The van der Waals surface area contributed by atoms with Crippen molar-refractivity contribution < 1.29 is 10.2 Å². The van der Waals surface area contributed by atoms with Crippen molar-refractivity contribution in [1.29, 1.82) is 0 Å². The van der Waals surface area contributed by atoms with E-state index >= 15 is 0 Å². The number of hydrogen-bond donors (Lipinski definition) is 2. The van der Waals surface area contributed by atoms with E-state index in [2.05, 4.69) is 4.37 Å². The number of aliphatic hydroxyl groups is 2. The molecule has 0 saturated carbocycles. The molecule has 2 heterocycles. The van der Waals surface area contributed by atoms with Crippen molar-refractivity contribution in [1.82, 2.24) is 4.37 Å². The normalized spacial score (nSPS) is 25.5. The summed E-state index contributed by atoms with van der Waals surface area (Å²) >= 11 is 1.42. The molecule has 1 aromatic carbocycles. The molecule has 3 rings (SSSR count). The summed E-state index contributed by atoms with van der Waals surface area (Å²) in [7, 11) is 0. The van der Waals surface area contributed by atoms with Gasteiger partial charge in [0.1, 0.15) is 5.00 Å². The van der Waals surface area contributed by atoms with E-state index in [1.807, 2.05) is 29.2 Å². The number of hydrogen-bond acceptors (Lipinski definition) is 5. The zero-order valence-electron chi connectivity index (χ0n) is 8.58. The zero-order valence-corrected chi connectivity index (χ0v) is 9.39. The van der Waals surface area contributed by atoms with Crippen LogP contribution in [-0.4, -0.2) is 39.9 Å². The molecule has 2 unspecified atom stereocenters. The average molecular weight is 236 g/mol. The molecule has 1 aromatic heterocycles. The van der Waals surface area contributed by atoms with E-state index in [-0.39, 0.29) is 0 Å². The molecule has 2 N–H and O–H groups in total. The van der Waals surface area contributed by atoms with Gasteiger partial charge in [-0.2, -0.15) is 4.37 Å². The Labute approximate surface area is 96.9 Å². The summed E-state index contributed by atoms with van der Waals surface area (Å²) in [5, 5.41) is 21.2. The summed E-state index contributed by atoms with van der Waals surface area (Å²) in [4.78, 5) is 2.00. The van der Waals surface area contributed by atoms with Crippen molar-refractivity contribution in [2.75, 3.05) is 18.0 Å². The minimum Gasteiger partial charge on any atom is -0.389 e. The van der Waals surface area contributed by atoms with Gasteiger partial charge in [0.25, 0.3) is 0 Å². The van der Waals surface area contributed by atoms with Gasteiger partial charge in [0.15, 0.2) is 0 Å². The molecule has 4 nitrogen and oxygen atoms in total. The number of nitrogens with zero attached hydrogens (tertiary/aromatic N) is 2. The monoisotopic (exact) mass is 236 g/mol. The third-order valence-corrected chi connectivity index (χ3v) is 3.85. The Morgan fingerprint density at radius 1 is 1.19 bits per heavy atom. The van der Waals surface area contributed by atoms with E-state index in [0.29, 0.717) is 13.1 Å². The van der Waals surface area contributed by atoms with Gasteiger partial charge in [0, 0.05) is 18.5 Å². The van der Waals surface area contributed by atoms with Gasteiger partial charge in [-0.25, -0.2) is 0 Å². The van der Waals surface area contributed by atoms with Crippen molar-refractivity contribution in [2.24, 2.45) is 0 Å². The van der Waals surface area contributed by atoms with E-state index in [1.54, 1.807) is 0 Å². The van der Waals surface area contributed by atoms with Crippen LogP contribution in [0.5, 0.6) is 0 Å². The molecule has 16 heavy (non-hydrogen) atoms. The van der Waals surface area contributed by atoms with Gasteiger partial charge in [-0.1, -0.05) is 12.1 Å². The number of β-amino-alcohol motifs (C(OH)–C–C–N with tert-alkyl or cyclic N) is 2. The predicted octanol–water partition coefficient (Wildman–Crippen LogP) is 0.838. The molecule has 0 amide bonds. The van der Waals surface area contributed by atoms with E-state index in [0.717, 1.165) is 15.9 Å². The van der Waals surface area contributed by atoms with Crippen molar-refractivity contribution in [2.45, 2.75) is 12.2 Å². The van der Waals surface area contributed by atoms with E-state index in [9.17, 15) is 10.2 Å². The fourth-order valence-corrected chi connectivity index (χ4v) is 2.92. The van der Waals surface area contributed by atoms with E-state index in [4.69, 9.17) is 0 Å². The Hall–Kier alpha value is -1.17. The van der Waals surface area contributed by atoms with Crippen LogP contribution >= 0.6 is 11.5 Å². The Morgan fingerprint density at radius 3 is 2.62 bits per heavy atom. The SMILES string of the molecule is OC1CN(c2snc3ccccc23)CC1O. The lowest BCUT2D eigenvalue weighted by Gasteiger charge is -2.14. The topological polar surface area (TPSA) is 56.6 Å². The standard InChI is InChI=1S/C11H12N2O2S/c14-9-5-13(6-10(9)15)11-7-3-1-2-4-8(7)12-16-11/h1-4,9-10,14-15H,5-6H2. The first-order valence-corrected chi connectivity index (χ1v) is 5.98. The van der Waals surface area contributed by atoms with Crippen LogP contribution in [0, 0.1) is 0 Å². The molecule has 0 aliphatic carbocycles. The van der Waals surface area contributed by atoms with Crippen molar-refractivity contribution in [3.05, 3.63) is 24.3 Å². The molecular formula is C11H12N2O2S. The molecule has 1 aliphatic rings. The highest BCUT2D eigenvalue weighted by molar-refractivity contribution is 7.11. The molecule has 5 heteroatoms. The van der Waals surface area contributed by atoms with Crippen LogP contribution in [0.1, 0.15) is 0 Å². The quantitative estimate of drug-likeness (QED) is 0.770. The van der Waals surface area contributed by atoms with Crippen molar-refractivity contribution in [3.63, 3.8) is 0 Å². The second kappa shape index (κ2) is 3.69. The van der Waals surface area contributed by atoms with Gasteiger partial charge in [-0.3, -0.25) is 0 Å². The number of benzene rings is 1. The number of anilines is 1. The fourth-order valence-electron chi connectivity index (χ4n) is 2.04. The summed E-state index contributed by atoms with van der Waals surface area (Å²) in [5.74, 6) is 0. The van der Waals surface area contributed by atoms with Crippen LogP contribution in [-0.2, 0) is 0 Å². The molecule has 1 aliphatic heterocycles. The highest BCUT2D eigenvalue weighted by atomic mass is 32.1. The Kier molecular flexibility index (Phi) is 2.31. The number of rotatable bonds is 1. The van der Waals surface area contributed by atoms with E-state index < -0.39 is 12.2 Å². The molecule has 1 fully saturated rings. The highest BCUT2D eigenvalue weighted by Gasteiger charge is 2.31. The van der Waals surface area contributed by atoms with Crippen LogP contribution in [0.2, 0.25) is 0 Å². The lowest BCUT2D eigenvalue weighted by molar-refractivity contribution is 0.0572. The Balaban J connectivity index is 2.01. The van der Waals surface area contributed by atoms with Crippen LogP contribution in [0.15, 0.2) is 24.3 Å². The second-order valence-corrected chi connectivity index (χ2v) is 4.80. The van der Waals surface area contributed by atoms with Crippen molar-refractivity contribution >= 4 is 27.4 Å². The first-order chi connectivity index (χ1) is 7.75.